The summed E-state index contributed by atoms with van der Waals surface area (Å²) in [6.07, 6.45) is 0. The van der Waals surface area contributed by atoms with Crippen LogP contribution in [0.2, 0.25) is 0 Å². The fourth-order valence-electron chi connectivity index (χ4n) is 2.22. The van der Waals surface area contributed by atoms with E-state index in [9.17, 15) is 0 Å². The van der Waals surface area contributed by atoms with E-state index in [-0.39, 0.29) is 0 Å². The lowest BCUT2D eigenvalue weighted by atomic mass is 9.98. The minimum atomic E-state index is 0.535. The van der Waals surface area contributed by atoms with Crippen molar-refractivity contribution < 1.29 is 4.74 Å². The fourth-order valence-corrected chi connectivity index (χ4v) is 3.02. The first-order chi connectivity index (χ1) is 9.51. The Kier molecular flexibility index (Phi) is 5.28. The van der Waals surface area contributed by atoms with Crippen LogP contribution in [0.3, 0.4) is 0 Å². The van der Waals surface area contributed by atoms with Gasteiger partial charge < -0.3 is 4.74 Å². The Morgan fingerprint density at radius 1 is 1.10 bits per heavy atom. The highest BCUT2D eigenvalue weighted by atomic mass is 79.9. The van der Waals surface area contributed by atoms with Crippen molar-refractivity contribution in [1.29, 1.82) is 0 Å². The van der Waals surface area contributed by atoms with Gasteiger partial charge in [-0.2, -0.15) is 0 Å². The van der Waals surface area contributed by atoms with Crippen LogP contribution in [0.5, 0.6) is 11.5 Å². The smallest absolute Gasteiger partial charge is 0.132 e. The summed E-state index contributed by atoms with van der Waals surface area (Å²) in [5, 5.41) is 0.776. The Morgan fingerprint density at radius 3 is 2.45 bits per heavy atom. The molecule has 0 saturated heterocycles. The van der Waals surface area contributed by atoms with E-state index in [1.165, 1.54) is 11.1 Å². The second-order valence-electron chi connectivity index (χ2n) is 5.16. The zero-order valence-corrected chi connectivity index (χ0v) is 15.1. The molecule has 0 atom stereocenters. The van der Waals surface area contributed by atoms with Gasteiger partial charge in [0.25, 0.3) is 0 Å². The van der Waals surface area contributed by atoms with Crippen LogP contribution in [-0.4, -0.2) is 0 Å². The monoisotopic (exact) mass is 396 g/mol. The Hall–Kier alpha value is -0.800. The molecule has 0 aliphatic rings. The van der Waals surface area contributed by atoms with E-state index >= 15 is 0 Å². The van der Waals surface area contributed by atoms with E-state index in [2.05, 4.69) is 70.8 Å². The number of halogens is 2. The maximum absolute atomic E-state index is 6.04. The highest BCUT2D eigenvalue weighted by molar-refractivity contribution is 9.10. The van der Waals surface area contributed by atoms with Crippen LogP contribution in [0.4, 0.5) is 0 Å². The third-order valence-corrected chi connectivity index (χ3v) is 4.36. The van der Waals surface area contributed by atoms with Gasteiger partial charge in [0, 0.05) is 15.4 Å². The van der Waals surface area contributed by atoms with Crippen molar-refractivity contribution in [3.63, 3.8) is 0 Å². The van der Waals surface area contributed by atoms with Crippen LogP contribution in [0.15, 0.2) is 40.9 Å². The van der Waals surface area contributed by atoms with Gasteiger partial charge in [0.1, 0.15) is 11.5 Å². The molecule has 0 aliphatic carbocycles. The second kappa shape index (κ2) is 6.77. The maximum atomic E-state index is 6.04. The molecule has 20 heavy (non-hydrogen) atoms. The Bertz CT molecular complexity index is 606. The van der Waals surface area contributed by atoms with Gasteiger partial charge in [-0.05, 0) is 48.2 Å². The van der Waals surface area contributed by atoms with Crippen molar-refractivity contribution in [2.24, 2.45) is 0 Å². The van der Waals surface area contributed by atoms with Gasteiger partial charge in [-0.1, -0.05) is 57.8 Å². The molecule has 1 nitrogen and oxygen atoms in total. The molecule has 0 radical (unpaired) electrons. The SMILES string of the molecule is Cc1cc(Oc2cc(Br)ccc2CBr)ccc1C(C)C. The molecule has 3 heteroatoms. The van der Waals surface area contributed by atoms with Crippen LogP contribution in [0.1, 0.15) is 36.5 Å². The number of hydrogen-bond acceptors (Lipinski definition) is 1. The van der Waals surface area contributed by atoms with Crippen molar-refractivity contribution in [2.45, 2.75) is 32.0 Å². The number of aryl methyl sites for hydroxylation is 1. The third-order valence-electron chi connectivity index (χ3n) is 3.26. The van der Waals surface area contributed by atoms with Gasteiger partial charge in [-0.3, -0.25) is 0 Å². The van der Waals surface area contributed by atoms with Gasteiger partial charge in [0.2, 0.25) is 0 Å². The highest BCUT2D eigenvalue weighted by Gasteiger charge is 2.08. The second-order valence-corrected chi connectivity index (χ2v) is 6.64. The maximum Gasteiger partial charge on any atom is 0.132 e. The van der Waals surface area contributed by atoms with Crippen molar-refractivity contribution in [3.05, 3.63) is 57.6 Å². The first-order valence-corrected chi connectivity index (χ1v) is 8.55. The highest BCUT2D eigenvalue weighted by Crippen LogP contribution is 2.32. The molecular formula is C17H18Br2O. The van der Waals surface area contributed by atoms with Gasteiger partial charge in [0.15, 0.2) is 0 Å². The number of alkyl halides is 1. The molecule has 0 unspecified atom stereocenters. The van der Waals surface area contributed by atoms with E-state index in [1.807, 2.05) is 18.2 Å². The lowest BCUT2D eigenvalue weighted by Gasteiger charge is -2.14. The van der Waals surface area contributed by atoms with Crippen molar-refractivity contribution >= 4 is 31.9 Å². The summed E-state index contributed by atoms with van der Waals surface area (Å²) >= 11 is 6.98. The van der Waals surface area contributed by atoms with Crippen LogP contribution < -0.4 is 4.74 Å². The molecule has 0 aliphatic heterocycles. The van der Waals surface area contributed by atoms with Gasteiger partial charge in [-0.25, -0.2) is 0 Å². The number of benzene rings is 2. The largest absolute Gasteiger partial charge is 0.457 e. The number of ether oxygens (including phenoxy) is 1. The summed E-state index contributed by atoms with van der Waals surface area (Å²) in [5.41, 5.74) is 3.78. The molecule has 106 valence electrons. The van der Waals surface area contributed by atoms with E-state index in [0.29, 0.717) is 5.92 Å². The molecule has 0 saturated carbocycles. The first-order valence-electron chi connectivity index (χ1n) is 6.64. The molecule has 0 fully saturated rings. The Balaban J connectivity index is 2.31. The fraction of sp³-hybridized carbons (Fsp3) is 0.294. The summed E-state index contributed by atoms with van der Waals surface area (Å²) < 4.78 is 7.06. The van der Waals surface area contributed by atoms with E-state index in [4.69, 9.17) is 4.74 Å². The van der Waals surface area contributed by atoms with Gasteiger partial charge >= 0.3 is 0 Å². The Labute approximate surface area is 137 Å². The molecule has 2 rings (SSSR count). The van der Waals surface area contributed by atoms with Gasteiger partial charge in [0.05, 0.1) is 0 Å². The van der Waals surface area contributed by atoms with Crippen LogP contribution in [0, 0.1) is 6.92 Å². The predicted molar refractivity (Wildman–Crippen MR) is 92.1 cm³/mol. The molecule has 0 heterocycles. The van der Waals surface area contributed by atoms with E-state index in [0.717, 1.165) is 26.9 Å². The lowest BCUT2D eigenvalue weighted by Crippen LogP contribution is -1.94. The van der Waals surface area contributed by atoms with E-state index in [1.54, 1.807) is 0 Å². The average Bonchev–Trinajstić information content (AvgIpc) is 2.38. The molecule has 0 bridgehead atoms. The molecule has 0 spiro atoms. The number of rotatable bonds is 4. The minimum absolute atomic E-state index is 0.535. The zero-order chi connectivity index (χ0) is 14.7. The standard InChI is InChI=1S/C17H18Br2O/c1-11(2)16-7-6-15(8-12(16)3)20-17-9-14(19)5-4-13(17)10-18/h4-9,11H,10H2,1-3H3. The first kappa shape index (κ1) is 15.6. The zero-order valence-electron chi connectivity index (χ0n) is 11.9. The quantitative estimate of drug-likeness (QED) is 0.530. The molecule has 0 amide bonds. The summed E-state index contributed by atoms with van der Waals surface area (Å²) in [6, 6.07) is 12.4. The summed E-state index contributed by atoms with van der Waals surface area (Å²) in [6.45, 7) is 6.55. The average molecular weight is 398 g/mol. The van der Waals surface area contributed by atoms with Crippen molar-refractivity contribution in [1.82, 2.24) is 0 Å². The Morgan fingerprint density at radius 2 is 1.85 bits per heavy atom. The van der Waals surface area contributed by atoms with Crippen LogP contribution in [0.25, 0.3) is 0 Å². The molecule has 2 aromatic carbocycles. The number of hydrogen-bond donors (Lipinski definition) is 0. The molecule has 0 N–H and O–H groups in total. The van der Waals surface area contributed by atoms with Crippen LogP contribution in [-0.2, 0) is 5.33 Å². The van der Waals surface area contributed by atoms with Crippen molar-refractivity contribution in [2.75, 3.05) is 0 Å². The topological polar surface area (TPSA) is 9.23 Å². The normalized spacial score (nSPS) is 10.9. The summed E-state index contributed by atoms with van der Waals surface area (Å²) in [5.74, 6) is 2.30. The predicted octanol–water partition coefficient (Wildman–Crippen LogP) is 6.57. The third kappa shape index (κ3) is 3.64. The minimum Gasteiger partial charge on any atom is -0.457 e. The van der Waals surface area contributed by atoms with Crippen LogP contribution >= 0.6 is 31.9 Å². The molecular weight excluding hydrogens is 380 g/mol. The van der Waals surface area contributed by atoms with Crippen molar-refractivity contribution in [3.8, 4) is 11.5 Å². The van der Waals surface area contributed by atoms with Gasteiger partial charge in [-0.15, -0.1) is 0 Å². The molecule has 0 aromatic heterocycles. The summed E-state index contributed by atoms with van der Waals surface area (Å²) in [4.78, 5) is 0. The summed E-state index contributed by atoms with van der Waals surface area (Å²) in [7, 11) is 0. The van der Waals surface area contributed by atoms with E-state index < -0.39 is 0 Å². The lowest BCUT2D eigenvalue weighted by molar-refractivity contribution is 0.477. The molecule has 2 aromatic rings.